The lowest BCUT2D eigenvalue weighted by molar-refractivity contribution is 0.435. The van der Waals surface area contributed by atoms with Gasteiger partial charge in [0.2, 0.25) is 0 Å². The predicted octanol–water partition coefficient (Wildman–Crippen LogP) is 2.39. The number of nitrogens with one attached hydrogen (secondary N) is 1. The molecule has 0 amide bonds. The number of piperidine rings is 1. The Morgan fingerprint density at radius 1 is 1.22 bits per heavy atom. The number of nitrogen functional groups attached to an aromatic ring is 1. The van der Waals surface area contributed by atoms with Gasteiger partial charge >= 0.3 is 0 Å². The molecule has 0 radical (unpaired) electrons. The van der Waals surface area contributed by atoms with Gasteiger partial charge in [0.25, 0.3) is 0 Å². The number of hydrogen-bond donors (Lipinski definition) is 2. The Bertz CT molecular complexity index is 529. The summed E-state index contributed by atoms with van der Waals surface area (Å²) in [6, 6.07) is 10.3. The molecule has 0 saturated carbocycles. The quantitative estimate of drug-likeness (QED) is 0.850. The van der Waals surface area contributed by atoms with Gasteiger partial charge in [0.1, 0.15) is 0 Å². The van der Waals surface area contributed by atoms with Crippen LogP contribution in [-0.4, -0.2) is 18.2 Å². The van der Waals surface area contributed by atoms with Crippen LogP contribution in [-0.2, 0) is 0 Å². The van der Waals surface area contributed by atoms with E-state index in [4.69, 9.17) is 10.3 Å². The number of aromatic nitrogens is 1. The number of benzene rings is 1. The molecule has 3 N–H and O–H groups in total. The first-order valence-electron chi connectivity index (χ1n) is 6.36. The molecule has 1 saturated heterocycles. The Kier molecular flexibility index (Phi) is 3.02. The van der Waals surface area contributed by atoms with E-state index in [1.807, 2.05) is 6.07 Å². The molecule has 3 rings (SSSR count). The van der Waals surface area contributed by atoms with E-state index in [0.29, 0.717) is 11.7 Å². The highest BCUT2D eigenvalue weighted by atomic mass is 16.5. The second-order valence-electron chi connectivity index (χ2n) is 4.77. The maximum absolute atomic E-state index is 5.58. The zero-order valence-corrected chi connectivity index (χ0v) is 10.2. The molecule has 0 bridgehead atoms. The number of rotatable bonds is 2. The Balaban J connectivity index is 1.88. The highest BCUT2D eigenvalue weighted by Crippen LogP contribution is 2.29. The fourth-order valence-electron chi connectivity index (χ4n) is 2.53. The lowest BCUT2D eigenvalue weighted by Gasteiger charge is -2.23. The van der Waals surface area contributed by atoms with Crippen LogP contribution < -0.4 is 11.1 Å². The highest BCUT2D eigenvalue weighted by molar-refractivity contribution is 5.61. The van der Waals surface area contributed by atoms with E-state index >= 15 is 0 Å². The van der Waals surface area contributed by atoms with Crippen molar-refractivity contribution in [3.8, 4) is 11.3 Å². The zero-order chi connectivity index (χ0) is 12.4. The summed E-state index contributed by atoms with van der Waals surface area (Å²) in [5.41, 5.74) is 8.01. The van der Waals surface area contributed by atoms with Crippen molar-refractivity contribution in [1.29, 1.82) is 0 Å². The molecule has 1 aliphatic rings. The first-order chi connectivity index (χ1) is 8.83. The topological polar surface area (TPSA) is 64.1 Å². The fraction of sp³-hybridized carbons (Fsp3) is 0.357. The molecule has 2 heterocycles. The smallest absolute Gasteiger partial charge is 0.169 e. The third kappa shape index (κ3) is 2.24. The maximum atomic E-state index is 5.58. The summed E-state index contributed by atoms with van der Waals surface area (Å²) in [6.07, 6.45) is 2.39. The van der Waals surface area contributed by atoms with E-state index in [1.54, 1.807) is 6.07 Å². The van der Waals surface area contributed by atoms with E-state index in [-0.39, 0.29) is 0 Å². The normalized spacial score (nSPS) is 16.9. The van der Waals surface area contributed by atoms with E-state index in [1.165, 1.54) is 18.4 Å². The monoisotopic (exact) mass is 243 g/mol. The van der Waals surface area contributed by atoms with Crippen molar-refractivity contribution in [2.45, 2.75) is 18.8 Å². The second kappa shape index (κ2) is 4.82. The number of nitrogens with zero attached hydrogens (tertiary/aromatic N) is 1. The SMILES string of the molecule is Nc1cc(-c2cccc(C3CCNCC3)c2)on1. The first kappa shape index (κ1) is 11.3. The van der Waals surface area contributed by atoms with Gasteiger partial charge in [-0.1, -0.05) is 23.4 Å². The van der Waals surface area contributed by atoms with Crippen molar-refractivity contribution in [3.05, 3.63) is 35.9 Å². The second-order valence-corrected chi connectivity index (χ2v) is 4.77. The molecule has 1 fully saturated rings. The van der Waals surface area contributed by atoms with Gasteiger partial charge in [-0.15, -0.1) is 0 Å². The van der Waals surface area contributed by atoms with Gasteiger partial charge in [-0.3, -0.25) is 0 Å². The summed E-state index contributed by atoms with van der Waals surface area (Å²) in [5.74, 6) is 1.81. The van der Waals surface area contributed by atoms with Gasteiger partial charge in [0.05, 0.1) is 0 Å². The Morgan fingerprint density at radius 2 is 2.06 bits per heavy atom. The number of anilines is 1. The van der Waals surface area contributed by atoms with Gasteiger partial charge in [-0.2, -0.15) is 0 Å². The van der Waals surface area contributed by atoms with Crippen molar-refractivity contribution < 1.29 is 4.52 Å². The maximum Gasteiger partial charge on any atom is 0.169 e. The predicted molar refractivity (Wildman–Crippen MR) is 71.2 cm³/mol. The molecule has 0 unspecified atom stereocenters. The van der Waals surface area contributed by atoms with Crippen LogP contribution in [0, 0.1) is 0 Å². The van der Waals surface area contributed by atoms with Crippen LogP contribution in [0.5, 0.6) is 0 Å². The molecule has 1 aromatic heterocycles. The molecular formula is C14H17N3O. The van der Waals surface area contributed by atoms with E-state index in [0.717, 1.165) is 24.4 Å². The lowest BCUT2D eigenvalue weighted by Crippen LogP contribution is -2.26. The first-order valence-corrected chi connectivity index (χ1v) is 6.36. The molecule has 4 heteroatoms. The van der Waals surface area contributed by atoms with Crippen LogP contribution in [0.15, 0.2) is 34.9 Å². The number of nitrogens with two attached hydrogens (primary N) is 1. The molecular weight excluding hydrogens is 226 g/mol. The van der Waals surface area contributed by atoms with E-state index in [2.05, 4.69) is 28.7 Å². The minimum absolute atomic E-state index is 0.428. The average molecular weight is 243 g/mol. The summed E-state index contributed by atoms with van der Waals surface area (Å²) in [5, 5.41) is 7.12. The van der Waals surface area contributed by atoms with E-state index in [9.17, 15) is 0 Å². The van der Waals surface area contributed by atoms with Gasteiger partial charge in [-0.25, -0.2) is 0 Å². The van der Waals surface area contributed by atoms with Crippen LogP contribution >= 0.6 is 0 Å². The van der Waals surface area contributed by atoms with Crippen LogP contribution in [0.4, 0.5) is 5.82 Å². The highest BCUT2D eigenvalue weighted by Gasteiger charge is 2.16. The van der Waals surface area contributed by atoms with Crippen LogP contribution in [0.25, 0.3) is 11.3 Å². The minimum Gasteiger partial charge on any atom is -0.381 e. The van der Waals surface area contributed by atoms with Crippen molar-refractivity contribution in [1.82, 2.24) is 10.5 Å². The van der Waals surface area contributed by atoms with Crippen LogP contribution in [0.1, 0.15) is 24.3 Å². The standard InChI is InChI=1S/C14H17N3O/c15-14-9-13(18-17-14)12-3-1-2-11(8-12)10-4-6-16-7-5-10/h1-3,8-10,16H,4-7H2,(H2,15,17). The summed E-state index contributed by atoms with van der Waals surface area (Å²) < 4.78 is 5.21. The van der Waals surface area contributed by atoms with E-state index < -0.39 is 0 Å². The summed E-state index contributed by atoms with van der Waals surface area (Å²) in [7, 11) is 0. The summed E-state index contributed by atoms with van der Waals surface area (Å²) in [4.78, 5) is 0. The molecule has 4 nitrogen and oxygen atoms in total. The molecule has 18 heavy (non-hydrogen) atoms. The van der Waals surface area contributed by atoms with Gasteiger partial charge in [0.15, 0.2) is 11.6 Å². The Hall–Kier alpha value is -1.81. The van der Waals surface area contributed by atoms with Crippen molar-refractivity contribution in [2.24, 2.45) is 0 Å². The molecule has 0 spiro atoms. The van der Waals surface area contributed by atoms with Crippen molar-refractivity contribution in [3.63, 3.8) is 0 Å². The lowest BCUT2D eigenvalue weighted by atomic mass is 9.89. The van der Waals surface area contributed by atoms with Crippen LogP contribution in [0.3, 0.4) is 0 Å². The van der Waals surface area contributed by atoms with Crippen molar-refractivity contribution in [2.75, 3.05) is 18.8 Å². The largest absolute Gasteiger partial charge is 0.381 e. The van der Waals surface area contributed by atoms with Gasteiger partial charge in [-0.05, 0) is 43.5 Å². The number of hydrogen-bond acceptors (Lipinski definition) is 4. The summed E-state index contributed by atoms with van der Waals surface area (Å²) in [6.45, 7) is 2.20. The van der Waals surface area contributed by atoms with Crippen LogP contribution in [0.2, 0.25) is 0 Å². The third-order valence-corrected chi connectivity index (χ3v) is 3.51. The average Bonchev–Trinajstić information content (AvgIpc) is 2.87. The van der Waals surface area contributed by atoms with Gasteiger partial charge < -0.3 is 15.6 Å². The van der Waals surface area contributed by atoms with Crippen molar-refractivity contribution >= 4 is 5.82 Å². The summed E-state index contributed by atoms with van der Waals surface area (Å²) >= 11 is 0. The molecule has 1 aromatic carbocycles. The molecule has 0 atom stereocenters. The molecule has 0 aliphatic carbocycles. The zero-order valence-electron chi connectivity index (χ0n) is 10.2. The molecule has 1 aliphatic heterocycles. The van der Waals surface area contributed by atoms with Gasteiger partial charge in [0, 0.05) is 11.6 Å². The molecule has 2 aromatic rings. The minimum atomic E-state index is 0.428. The molecule has 94 valence electrons. The fourth-order valence-corrected chi connectivity index (χ4v) is 2.53. The Labute approximate surface area is 106 Å². The third-order valence-electron chi connectivity index (χ3n) is 3.51. The Morgan fingerprint density at radius 3 is 2.78 bits per heavy atom.